The van der Waals surface area contributed by atoms with Gasteiger partial charge in [0.15, 0.2) is 5.69 Å². The number of nitrogens with zero attached hydrogens (tertiary/aromatic N) is 1. The number of carbonyl (C=O) groups is 2. The van der Waals surface area contributed by atoms with Gasteiger partial charge in [-0.2, -0.15) is 0 Å². The van der Waals surface area contributed by atoms with E-state index in [1.807, 2.05) is 6.92 Å². The number of hydrogen-bond donors (Lipinski definition) is 2. The second-order valence-electron chi connectivity index (χ2n) is 4.94. The van der Waals surface area contributed by atoms with Gasteiger partial charge in [0.2, 0.25) is 0 Å². The van der Waals surface area contributed by atoms with Crippen molar-refractivity contribution < 1.29 is 24.2 Å². The van der Waals surface area contributed by atoms with Gasteiger partial charge in [-0.15, -0.1) is 11.3 Å². The lowest BCUT2D eigenvalue weighted by Crippen LogP contribution is -2.25. The quantitative estimate of drug-likeness (QED) is 0.794. The van der Waals surface area contributed by atoms with E-state index < -0.39 is 5.97 Å². The lowest BCUT2D eigenvalue weighted by atomic mass is 10.1. The van der Waals surface area contributed by atoms with E-state index in [-0.39, 0.29) is 11.6 Å². The molecule has 2 rings (SSSR count). The molecule has 0 aliphatic carbocycles. The maximum Gasteiger partial charge on any atom is 0.355 e. The van der Waals surface area contributed by atoms with Crippen LogP contribution in [0.1, 0.15) is 31.4 Å². The van der Waals surface area contributed by atoms with Gasteiger partial charge < -0.3 is 19.9 Å². The van der Waals surface area contributed by atoms with Crippen LogP contribution in [0.3, 0.4) is 0 Å². The summed E-state index contributed by atoms with van der Waals surface area (Å²) >= 11 is 1.26. The summed E-state index contributed by atoms with van der Waals surface area (Å²) in [5.41, 5.74) is 1.27. The molecule has 0 saturated carbocycles. The largest absolute Gasteiger partial charge is 0.496 e. The summed E-state index contributed by atoms with van der Waals surface area (Å²) in [5.74, 6) is -0.168. The molecule has 0 unspecified atom stereocenters. The molecule has 24 heavy (non-hydrogen) atoms. The molecule has 1 aromatic heterocycles. The van der Waals surface area contributed by atoms with Crippen LogP contribution in [0.2, 0.25) is 0 Å². The first-order valence-corrected chi connectivity index (χ1v) is 8.02. The molecule has 1 heterocycles. The zero-order valence-electron chi connectivity index (χ0n) is 13.6. The summed E-state index contributed by atoms with van der Waals surface area (Å²) < 4.78 is 10.5. The van der Waals surface area contributed by atoms with Crippen molar-refractivity contribution in [1.29, 1.82) is 0 Å². The number of carbonyl (C=O) groups excluding carboxylic acids is 1. The molecule has 2 aromatic rings. The highest BCUT2D eigenvalue weighted by molar-refractivity contribution is 7.09. The van der Waals surface area contributed by atoms with Gasteiger partial charge in [0, 0.05) is 29.5 Å². The maximum absolute atomic E-state index is 12.3. The van der Waals surface area contributed by atoms with E-state index in [9.17, 15) is 9.59 Å². The average molecular weight is 350 g/mol. The van der Waals surface area contributed by atoms with Crippen molar-refractivity contribution in [2.45, 2.75) is 13.3 Å². The minimum absolute atomic E-state index is 0.0225. The van der Waals surface area contributed by atoms with Gasteiger partial charge in [-0.25, -0.2) is 9.78 Å². The Morgan fingerprint density at radius 3 is 2.38 bits per heavy atom. The number of hydrogen-bond acceptors (Lipinski definition) is 6. The molecule has 8 heteroatoms. The maximum atomic E-state index is 12.3. The number of nitrogens with one attached hydrogen (secondary N) is 1. The molecule has 1 amide bonds. The number of rotatable bonds is 7. The first-order chi connectivity index (χ1) is 11.5. The molecule has 2 N–H and O–H groups in total. The Bertz CT molecular complexity index is 732. The molecule has 0 bridgehead atoms. The van der Waals surface area contributed by atoms with E-state index in [4.69, 9.17) is 14.6 Å². The van der Waals surface area contributed by atoms with Crippen LogP contribution in [-0.4, -0.2) is 42.7 Å². The number of aromatic nitrogens is 1. The Morgan fingerprint density at radius 2 is 1.88 bits per heavy atom. The summed E-state index contributed by atoms with van der Waals surface area (Å²) in [6.07, 6.45) is 0.462. The molecule has 1 aromatic carbocycles. The zero-order valence-corrected chi connectivity index (χ0v) is 14.4. The van der Waals surface area contributed by atoms with Gasteiger partial charge in [-0.1, -0.05) is 0 Å². The number of ether oxygens (including phenoxy) is 2. The number of carboxylic acids is 1. The average Bonchev–Trinajstić information content (AvgIpc) is 3.04. The Labute approximate surface area is 143 Å². The Hall–Kier alpha value is -2.61. The van der Waals surface area contributed by atoms with Crippen molar-refractivity contribution in [3.8, 4) is 11.5 Å². The SMILES string of the molecule is COc1cc(C(=O)NCCc2nc(C(=O)O)cs2)cc(OC)c1C. The second-order valence-corrected chi connectivity index (χ2v) is 5.89. The standard InChI is InChI=1S/C16H18N2O5S/c1-9-12(22-2)6-10(7-13(9)23-3)15(19)17-5-4-14-18-11(8-24-14)16(20)21/h6-8H,4-5H2,1-3H3,(H,17,19)(H,20,21). The first-order valence-electron chi connectivity index (χ1n) is 7.14. The number of amides is 1. The van der Waals surface area contributed by atoms with Crippen LogP contribution in [0.15, 0.2) is 17.5 Å². The normalized spacial score (nSPS) is 10.3. The third kappa shape index (κ3) is 4.02. The lowest BCUT2D eigenvalue weighted by Gasteiger charge is -2.12. The molecule has 0 aliphatic heterocycles. The van der Waals surface area contributed by atoms with E-state index >= 15 is 0 Å². The molecule has 0 spiro atoms. The topological polar surface area (TPSA) is 97.8 Å². The van der Waals surface area contributed by atoms with Crippen molar-refractivity contribution in [2.75, 3.05) is 20.8 Å². The number of methoxy groups -OCH3 is 2. The molecule has 7 nitrogen and oxygen atoms in total. The van der Waals surface area contributed by atoms with E-state index in [2.05, 4.69) is 10.3 Å². The third-order valence-electron chi connectivity index (χ3n) is 3.41. The molecule has 0 atom stereocenters. The second kappa shape index (κ2) is 7.78. The molecule has 0 fully saturated rings. The Kier molecular flexibility index (Phi) is 5.75. The van der Waals surface area contributed by atoms with Crippen LogP contribution in [0.5, 0.6) is 11.5 Å². The molecule has 0 radical (unpaired) electrons. The minimum atomic E-state index is -1.06. The summed E-state index contributed by atoms with van der Waals surface area (Å²) in [6.45, 7) is 2.20. The van der Waals surface area contributed by atoms with Crippen molar-refractivity contribution in [3.05, 3.63) is 39.3 Å². The third-order valence-corrected chi connectivity index (χ3v) is 4.32. The number of benzene rings is 1. The highest BCUT2D eigenvalue weighted by atomic mass is 32.1. The van der Waals surface area contributed by atoms with Gasteiger partial charge in [-0.3, -0.25) is 4.79 Å². The van der Waals surface area contributed by atoms with E-state index in [0.29, 0.717) is 35.0 Å². The summed E-state index contributed by atoms with van der Waals surface area (Å²) in [6, 6.07) is 3.30. The molecule has 0 aliphatic rings. The summed E-state index contributed by atoms with van der Waals surface area (Å²) in [4.78, 5) is 27.0. The smallest absolute Gasteiger partial charge is 0.355 e. The fourth-order valence-corrected chi connectivity index (χ4v) is 2.90. The van der Waals surface area contributed by atoms with Crippen LogP contribution in [0.25, 0.3) is 0 Å². The Morgan fingerprint density at radius 1 is 1.25 bits per heavy atom. The number of thiazole rings is 1. The van der Waals surface area contributed by atoms with Gasteiger partial charge in [-0.05, 0) is 19.1 Å². The van der Waals surface area contributed by atoms with Crippen LogP contribution in [0, 0.1) is 6.92 Å². The van der Waals surface area contributed by atoms with Crippen LogP contribution >= 0.6 is 11.3 Å². The van der Waals surface area contributed by atoms with Gasteiger partial charge in [0.25, 0.3) is 5.91 Å². The van der Waals surface area contributed by atoms with E-state index in [1.54, 1.807) is 12.1 Å². The molecular formula is C16H18N2O5S. The number of aromatic carboxylic acids is 1. The van der Waals surface area contributed by atoms with Crippen molar-refractivity contribution in [1.82, 2.24) is 10.3 Å². The number of carboxylic acid groups (broad SMARTS) is 1. The zero-order chi connectivity index (χ0) is 17.7. The van der Waals surface area contributed by atoms with E-state index in [1.165, 1.54) is 30.9 Å². The van der Waals surface area contributed by atoms with Crippen molar-refractivity contribution in [3.63, 3.8) is 0 Å². The summed E-state index contributed by atoms with van der Waals surface area (Å²) in [7, 11) is 3.07. The van der Waals surface area contributed by atoms with Gasteiger partial charge in [0.05, 0.1) is 19.2 Å². The monoisotopic (exact) mass is 350 g/mol. The molecule has 0 saturated heterocycles. The molecular weight excluding hydrogens is 332 g/mol. The van der Waals surface area contributed by atoms with Crippen LogP contribution in [-0.2, 0) is 6.42 Å². The van der Waals surface area contributed by atoms with E-state index in [0.717, 1.165) is 5.56 Å². The van der Waals surface area contributed by atoms with Gasteiger partial charge >= 0.3 is 5.97 Å². The van der Waals surface area contributed by atoms with Crippen molar-refractivity contribution >= 4 is 23.2 Å². The lowest BCUT2D eigenvalue weighted by molar-refractivity contribution is 0.0690. The predicted molar refractivity (Wildman–Crippen MR) is 89.4 cm³/mol. The fraction of sp³-hybridized carbons (Fsp3) is 0.312. The highest BCUT2D eigenvalue weighted by Crippen LogP contribution is 2.29. The highest BCUT2D eigenvalue weighted by Gasteiger charge is 2.14. The van der Waals surface area contributed by atoms with Crippen LogP contribution in [0.4, 0.5) is 0 Å². The van der Waals surface area contributed by atoms with Gasteiger partial charge in [0.1, 0.15) is 11.5 Å². The predicted octanol–water partition coefficient (Wildman–Crippen LogP) is 2.14. The Balaban J connectivity index is 2.00. The first kappa shape index (κ1) is 17.7. The minimum Gasteiger partial charge on any atom is -0.496 e. The van der Waals surface area contributed by atoms with Crippen LogP contribution < -0.4 is 14.8 Å². The fourth-order valence-electron chi connectivity index (χ4n) is 2.13. The molecule has 128 valence electrons. The van der Waals surface area contributed by atoms with Crippen molar-refractivity contribution in [2.24, 2.45) is 0 Å². The summed E-state index contributed by atoms with van der Waals surface area (Å²) in [5, 5.41) is 13.7.